The van der Waals surface area contributed by atoms with Gasteiger partial charge >= 0.3 is 7.05 Å². The summed E-state index contributed by atoms with van der Waals surface area (Å²) in [5, 5.41) is 12.3. The van der Waals surface area contributed by atoms with Crippen LogP contribution in [-0.4, -0.2) is 42.7 Å². The second-order valence-corrected chi connectivity index (χ2v) is 3.76. The summed E-state index contributed by atoms with van der Waals surface area (Å²) >= 11 is 0. The summed E-state index contributed by atoms with van der Waals surface area (Å²) in [6.07, 6.45) is 1.31. The molecule has 2 saturated heterocycles. The highest BCUT2D eigenvalue weighted by Crippen LogP contribution is 2.27. The number of fused-ring (bicyclic) bond motifs is 2. The lowest BCUT2D eigenvalue weighted by Gasteiger charge is -2.23. The summed E-state index contributed by atoms with van der Waals surface area (Å²) in [5.41, 5.74) is 0. The van der Waals surface area contributed by atoms with Crippen molar-refractivity contribution in [2.75, 3.05) is 19.6 Å². The first-order valence-electron chi connectivity index (χ1n) is 4.42. The van der Waals surface area contributed by atoms with Gasteiger partial charge in [-0.3, -0.25) is 0 Å². The fraction of sp³-hybridized carbons (Fsp3) is 1.00. The Hall–Kier alpha value is -0.0551. The summed E-state index contributed by atoms with van der Waals surface area (Å²) in [6, 6.07) is 0.545. The molecule has 0 saturated carbocycles. The molecule has 0 aromatic carbocycles. The lowest BCUT2D eigenvalue weighted by molar-refractivity contribution is 0.330. The topological polar surface area (TPSA) is 35.5 Å². The van der Waals surface area contributed by atoms with E-state index in [0.29, 0.717) is 6.04 Å². The zero-order valence-electron chi connectivity index (χ0n) is 6.95. The van der Waals surface area contributed by atoms with Gasteiger partial charge in [0.25, 0.3) is 0 Å². The predicted molar refractivity (Wildman–Crippen MR) is 45.3 cm³/mol. The van der Waals surface area contributed by atoms with Crippen molar-refractivity contribution in [3.05, 3.63) is 0 Å². The summed E-state index contributed by atoms with van der Waals surface area (Å²) in [4.78, 5) is 2.46. The Balaban J connectivity index is 1.87. The first kappa shape index (κ1) is 7.59. The lowest BCUT2D eigenvalue weighted by Crippen LogP contribution is -2.46. The van der Waals surface area contributed by atoms with E-state index in [9.17, 15) is 0 Å². The molecule has 0 radical (unpaired) electrons. The molecule has 2 bridgehead atoms. The van der Waals surface area contributed by atoms with Gasteiger partial charge in [0.15, 0.2) is 0 Å². The molecule has 3 atom stereocenters. The van der Waals surface area contributed by atoms with Crippen LogP contribution in [0.3, 0.4) is 0 Å². The molecule has 3 unspecified atom stereocenters. The Kier molecular flexibility index (Phi) is 1.91. The second-order valence-electron chi connectivity index (χ2n) is 3.76. The number of piperidine rings is 1. The molecular formula is C7H15BN2O. The van der Waals surface area contributed by atoms with Gasteiger partial charge < -0.3 is 15.2 Å². The van der Waals surface area contributed by atoms with Gasteiger partial charge in [0, 0.05) is 19.1 Å². The maximum Gasteiger partial charge on any atom is 0.373 e. The molecule has 2 rings (SSSR count). The van der Waals surface area contributed by atoms with Crippen LogP contribution in [-0.2, 0) is 0 Å². The van der Waals surface area contributed by atoms with E-state index in [1.165, 1.54) is 19.5 Å². The lowest BCUT2D eigenvalue weighted by atomic mass is 9.84. The van der Waals surface area contributed by atoms with Crippen molar-refractivity contribution in [3.63, 3.8) is 0 Å². The number of rotatable bonds is 2. The molecule has 0 aromatic rings. The van der Waals surface area contributed by atoms with E-state index in [2.05, 4.69) is 10.1 Å². The van der Waals surface area contributed by atoms with E-state index in [1.807, 2.05) is 0 Å². The Morgan fingerprint density at radius 3 is 2.82 bits per heavy atom. The van der Waals surface area contributed by atoms with E-state index in [4.69, 9.17) is 5.02 Å². The van der Waals surface area contributed by atoms with Crippen LogP contribution in [0.4, 0.5) is 0 Å². The van der Waals surface area contributed by atoms with Crippen LogP contribution in [0.1, 0.15) is 6.42 Å². The van der Waals surface area contributed by atoms with Crippen LogP contribution >= 0.6 is 0 Å². The molecule has 2 fully saturated rings. The van der Waals surface area contributed by atoms with Gasteiger partial charge in [-0.1, -0.05) is 0 Å². The molecule has 4 heteroatoms. The third kappa shape index (κ3) is 1.43. The number of hydrogen-bond acceptors (Lipinski definition) is 3. The fourth-order valence-electron chi connectivity index (χ4n) is 2.28. The fourth-order valence-corrected chi connectivity index (χ4v) is 2.28. The van der Waals surface area contributed by atoms with E-state index < -0.39 is 0 Å². The largest absolute Gasteiger partial charge is 0.437 e. The molecule has 2 N–H and O–H groups in total. The Morgan fingerprint density at radius 2 is 2.36 bits per heavy atom. The summed E-state index contributed by atoms with van der Waals surface area (Å²) in [7, 11) is -0.347. The second kappa shape index (κ2) is 2.77. The van der Waals surface area contributed by atoms with Crippen LogP contribution in [0.25, 0.3) is 0 Å². The standard InChI is InChI=1S/C7H15BN2O/c1-8(11)9-7-5-10-3-2-6(7)4-10/h6-7,9,11H,2-5H2,1H3. The van der Waals surface area contributed by atoms with Crippen molar-refractivity contribution >= 4 is 7.05 Å². The third-order valence-electron chi connectivity index (χ3n) is 2.79. The third-order valence-corrected chi connectivity index (χ3v) is 2.79. The molecule has 2 heterocycles. The average Bonchev–Trinajstić information content (AvgIpc) is 2.45. The minimum atomic E-state index is -0.347. The van der Waals surface area contributed by atoms with E-state index >= 15 is 0 Å². The summed E-state index contributed by atoms with van der Waals surface area (Å²) in [5.74, 6) is 0.796. The van der Waals surface area contributed by atoms with E-state index in [0.717, 1.165) is 12.5 Å². The first-order chi connectivity index (χ1) is 5.25. The van der Waals surface area contributed by atoms with Crippen molar-refractivity contribution in [1.29, 1.82) is 0 Å². The molecular weight excluding hydrogens is 139 g/mol. The smallest absolute Gasteiger partial charge is 0.373 e. The number of nitrogens with one attached hydrogen (secondary N) is 1. The number of hydrogen-bond donors (Lipinski definition) is 2. The SMILES string of the molecule is CB(O)NC1CN2CCC1C2. The van der Waals surface area contributed by atoms with Crippen LogP contribution in [0.2, 0.25) is 6.82 Å². The summed E-state index contributed by atoms with van der Waals surface area (Å²) < 4.78 is 0. The van der Waals surface area contributed by atoms with Crippen molar-refractivity contribution in [1.82, 2.24) is 10.1 Å². The molecule has 2 aliphatic rings. The van der Waals surface area contributed by atoms with Crippen LogP contribution in [0.15, 0.2) is 0 Å². The van der Waals surface area contributed by atoms with Crippen LogP contribution < -0.4 is 5.23 Å². The highest BCUT2D eigenvalue weighted by atomic mass is 16.2. The minimum Gasteiger partial charge on any atom is -0.437 e. The Morgan fingerprint density at radius 1 is 1.55 bits per heavy atom. The maximum atomic E-state index is 9.11. The van der Waals surface area contributed by atoms with Crippen molar-refractivity contribution < 1.29 is 5.02 Å². The predicted octanol–water partition coefficient (Wildman–Crippen LogP) is -0.610. The minimum absolute atomic E-state index is 0.347. The molecule has 0 aromatic heterocycles. The van der Waals surface area contributed by atoms with E-state index in [1.54, 1.807) is 6.82 Å². The van der Waals surface area contributed by atoms with Crippen molar-refractivity contribution in [2.45, 2.75) is 19.3 Å². The van der Waals surface area contributed by atoms with Gasteiger partial charge in [-0.25, -0.2) is 0 Å². The van der Waals surface area contributed by atoms with Gasteiger partial charge in [0.2, 0.25) is 0 Å². The molecule has 0 amide bonds. The molecule has 2 aliphatic heterocycles. The van der Waals surface area contributed by atoms with Gasteiger partial charge in [0.05, 0.1) is 0 Å². The highest BCUT2D eigenvalue weighted by molar-refractivity contribution is 6.45. The van der Waals surface area contributed by atoms with Crippen molar-refractivity contribution in [2.24, 2.45) is 5.92 Å². The van der Waals surface area contributed by atoms with Gasteiger partial charge in [-0.2, -0.15) is 0 Å². The van der Waals surface area contributed by atoms with Gasteiger partial charge in [0.1, 0.15) is 0 Å². The first-order valence-corrected chi connectivity index (χ1v) is 4.42. The zero-order chi connectivity index (χ0) is 7.84. The molecule has 3 nitrogen and oxygen atoms in total. The van der Waals surface area contributed by atoms with Crippen LogP contribution in [0.5, 0.6) is 0 Å². The Labute approximate surface area is 67.9 Å². The maximum absolute atomic E-state index is 9.11. The average molecular weight is 154 g/mol. The zero-order valence-corrected chi connectivity index (χ0v) is 6.95. The quantitative estimate of drug-likeness (QED) is 0.521. The number of nitrogens with zero attached hydrogens (tertiary/aromatic N) is 1. The normalized spacial score (nSPS) is 41.5. The van der Waals surface area contributed by atoms with E-state index in [-0.39, 0.29) is 7.05 Å². The van der Waals surface area contributed by atoms with Crippen LogP contribution in [0, 0.1) is 5.92 Å². The monoisotopic (exact) mass is 154 g/mol. The van der Waals surface area contributed by atoms with Gasteiger partial charge in [-0.15, -0.1) is 0 Å². The molecule has 11 heavy (non-hydrogen) atoms. The highest BCUT2D eigenvalue weighted by Gasteiger charge is 2.38. The van der Waals surface area contributed by atoms with Crippen molar-refractivity contribution in [3.8, 4) is 0 Å². The molecule has 0 aliphatic carbocycles. The molecule has 62 valence electrons. The summed E-state index contributed by atoms with van der Waals surface area (Å²) in [6.45, 7) is 5.43. The molecule has 0 spiro atoms. The van der Waals surface area contributed by atoms with Gasteiger partial charge in [-0.05, 0) is 25.7 Å². The Bertz CT molecular complexity index is 153.